The van der Waals surface area contributed by atoms with Crippen LogP contribution in [0.15, 0.2) is 18.2 Å². The van der Waals surface area contributed by atoms with Crippen molar-refractivity contribution >= 4 is 0 Å². The SMILES string of the molecule is Fc1ccc2c(c1)CCO[C@H]2[C@@H]1CCCCN1. The van der Waals surface area contributed by atoms with Crippen LogP contribution in [0.25, 0.3) is 0 Å². The fourth-order valence-electron chi connectivity index (χ4n) is 2.92. The van der Waals surface area contributed by atoms with Gasteiger partial charge in [-0.15, -0.1) is 0 Å². The van der Waals surface area contributed by atoms with E-state index in [4.69, 9.17) is 4.74 Å². The smallest absolute Gasteiger partial charge is 0.123 e. The molecule has 1 fully saturated rings. The molecule has 1 aromatic rings. The summed E-state index contributed by atoms with van der Waals surface area (Å²) in [4.78, 5) is 0. The average Bonchev–Trinajstić information content (AvgIpc) is 2.39. The maximum atomic E-state index is 13.2. The number of rotatable bonds is 1. The van der Waals surface area contributed by atoms with Crippen molar-refractivity contribution in [2.75, 3.05) is 13.2 Å². The molecule has 0 saturated carbocycles. The Morgan fingerprint density at radius 1 is 1.29 bits per heavy atom. The van der Waals surface area contributed by atoms with Crippen LogP contribution in [0.4, 0.5) is 4.39 Å². The lowest BCUT2D eigenvalue weighted by Crippen LogP contribution is -2.41. The van der Waals surface area contributed by atoms with Crippen LogP contribution in [-0.2, 0) is 11.2 Å². The van der Waals surface area contributed by atoms with Crippen molar-refractivity contribution in [1.82, 2.24) is 5.32 Å². The van der Waals surface area contributed by atoms with Gasteiger partial charge in [-0.2, -0.15) is 0 Å². The maximum Gasteiger partial charge on any atom is 0.123 e. The molecule has 3 rings (SSSR count). The number of hydrogen-bond donors (Lipinski definition) is 1. The predicted molar refractivity (Wildman–Crippen MR) is 64.4 cm³/mol. The number of ether oxygens (including phenoxy) is 1. The molecular weight excluding hydrogens is 217 g/mol. The Labute approximate surface area is 101 Å². The molecule has 0 radical (unpaired) electrons. The molecule has 0 amide bonds. The molecule has 1 saturated heterocycles. The number of halogens is 1. The largest absolute Gasteiger partial charge is 0.372 e. The lowest BCUT2D eigenvalue weighted by molar-refractivity contribution is 0.00884. The van der Waals surface area contributed by atoms with E-state index in [1.54, 1.807) is 12.1 Å². The molecule has 0 aliphatic carbocycles. The third-order valence-electron chi connectivity index (χ3n) is 3.79. The summed E-state index contributed by atoms with van der Waals surface area (Å²) in [6, 6.07) is 5.50. The van der Waals surface area contributed by atoms with Crippen LogP contribution in [0.3, 0.4) is 0 Å². The Kier molecular flexibility index (Phi) is 3.12. The molecule has 0 aromatic heterocycles. The van der Waals surface area contributed by atoms with Gasteiger partial charge in [0.2, 0.25) is 0 Å². The van der Waals surface area contributed by atoms with Crippen molar-refractivity contribution in [1.29, 1.82) is 0 Å². The molecule has 3 heteroatoms. The minimum atomic E-state index is -0.138. The van der Waals surface area contributed by atoms with E-state index in [1.807, 2.05) is 6.07 Å². The molecule has 1 N–H and O–H groups in total. The van der Waals surface area contributed by atoms with Crippen molar-refractivity contribution in [3.8, 4) is 0 Å². The van der Waals surface area contributed by atoms with Gasteiger partial charge >= 0.3 is 0 Å². The van der Waals surface area contributed by atoms with Gasteiger partial charge in [-0.25, -0.2) is 4.39 Å². The third-order valence-corrected chi connectivity index (χ3v) is 3.79. The van der Waals surface area contributed by atoms with Crippen molar-refractivity contribution < 1.29 is 9.13 Å². The van der Waals surface area contributed by atoms with Crippen LogP contribution in [0, 0.1) is 5.82 Å². The van der Waals surface area contributed by atoms with Crippen LogP contribution in [-0.4, -0.2) is 19.2 Å². The maximum absolute atomic E-state index is 13.2. The van der Waals surface area contributed by atoms with Crippen molar-refractivity contribution in [3.63, 3.8) is 0 Å². The van der Waals surface area contributed by atoms with E-state index < -0.39 is 0 Å². The Balaban J connectivity index is 1.88. The first kappa shape index (κ1) is 11.2. The zero-order chi connectivity index (χ0) is 11.7. The quantitative estimate of drug-likeness (QED) is 0.807. The zero-order valence-electron chi connectivity index (χ0n) is 9.92. The molecule has 1 aromatic carbocycles. The van der Waals surface area contributed by atoms with E-state index in [-0.39, 0.29) is 11.9 Å². The van der Waals surface area contributed by atoms with E-state index in [0.29, 0.717) is 12.6 Å². The van der Waals surface area contributed by atoms with Gasteiger partial charge in [0.25, 0.3) is 0 Å². The molecular formula is C14H18FNO. The average molecular weight is 235 g/mol. The van der Waals surface area contributed by atoms with Crippen LogP contribution in [0.1, 0.15) is 36.5 Å². The number of fused-ring (bicyclic) bond motifs is 1. The van der Waals surface area contributed by atoms with Crippen molar-refractivity contribution in [3.05, 3.63) is 35.1 Å². The molecule has 2 aliphatic heterocycles. The summed E-state index contributed by atoms with van der Waals surface area (Å²) in [5, 5.41) is 3.53. The second-order valence-electron chi connectivity index (χ2n) is 4.94. The van der Waals surface area contributed by atoms with Crippen LogP contribution < -0.4 is 5.32 Å². The highest BCUT2D eigenvalue weighted by Gasteiger charge is 2.29. The fraction of sp³-hybridized carbons (Fsp3) is 0.571. The minimum Gasteiger partial charge on any atom is -0.372 e. The summed E-state index contributed by atoms with van der Waals surface area (Å²) in [5.74, 6) is -0.138. The summed E-state index contributed by atoms with van der Waals surface area (Å²) in [6.07, 6.45) is 4.60. The number of hydrogen-bond acceptors (Lipinski definition) is 2. The highest BCUT2D eigenvalue weighted by molar-refractivity contribution is 5.32. The van der Waals surface area contributed by atoms with Crippen molar-refractivity contribution in [2.45, 2.75) is 37.8 Å². The van der Waals surface area contributed by atoms with Crippen LogP contribution in [0.5, 0.6) is 0 Å². The normalized spacial score (nSPS) is 28.8. The van der Waals surface area contributed by atoms with Gasteiger partial charge in [-0.05, 0) is 49.1 Å². The summed E-state index contributed by atoms with van der Waals surface area (Å²) >= 11 is 0. The van der Waals surface area contributed by atoms with Gasteiger partial charge in [-0.1, -0.05) is 12.5 Å². The highest BCUT2D eigenvalue weighted by atomic mass is 19.1. The number of benzene rings is 1. The van der Waals surface area contributed by atoms with Crippen LogP contribution >= 0.6 is 0 Å². The molecule has 0 bridgehead atoms. The molecule has 2 atom stereocenters. The Bertz CT molecular complexity index is 401. The zero-order valence-corrected chi connectivity index (χ0v) is 9.92. The van der Waals surface area contributed by atoms with Gasteiger partial charge in [0.1, 0.15) is 5.82 Å². The van der Waals surface area contributed by atoms with Gasteiger partial charge in [0, 0.05) is 6.04 Å². The Hall–Kier alpha value is -0.930. The summed E-state index contributed by atoms with van der Waals surface area (Å²) in [7, 11) is 0. The Morgan fingerprint density at radius 3 is 3.06 bits per heavy atom. The summed E-state index contributed by atoms with van der Waals surface area (Å²) in [6.45, 7) is 1.78. The third kappa shape index (κ3) is 2.22. The summed E-state index contributed by atoms with van der Waals surface area (Å²) < 4.78 is 19.1. The van der Waals surface area contributed by atoms with E-state index in [9.17, 15) is 4.39 Å². The summed E-state index contributed by atoms with van der Waals surface area (Å²) in [5.41, 5.74) is 2.30. The second kappa shape index (κ2) is 4.75. The van der Waals surface area contributed by atoms with E-state index in [0.717, 1.165) is 24.9 Å². The number of nitrogens with one attached hydrogen (secondary N) is 1. The lowest BCUT2D eigenvalue weighted by Gasteiger charge is -2.35. The molecule has 2 nitrogen and oxygen atoms in total. The molecule has 92 valence electrons. The molecule has 0 spiro atoms. The molecule has 17 heavy (non-hydrogen) atoms. The Morgan fingerprint density at radius 2 is 2.24 bits per heavy atom. The first-order valence-corrected chi connectivity index (χ1v) is 6.48. The highest BCUT2D eigenvalue weighted by Crippen LogP contribution is 2.32. The minimum absolute atomic E-state index is 0.111. The van der Waals surface area contributed by atoms with Gasteiger partial charge in [0.15, 0.2) is 0 Å². The first-order valence-electron chi connectivity index (χ1n) is 6.48. The topological polar surface area (TPSA) is 21.3 Å². The first-order chi connectivity index (χ1) is 8.34. The standard InChI is InChI=1S/C14H18FNO/c15-11-4-5-12-10(9-11)6-8-17-14(12)13-3-1-2-7-16-13/h4-5,9,13-14,16H,1-3,6-8H2/t13-,14+/m0/s1. The molecule has 0 unspecified atom stereocenters. The van der Waals surface area contributed by atoms with Crippen LogP contribution in [0.2, 0.25) is 0 Å². The van der Waals surface area contributed by atoms with E-state index in [2.05, 4.69) is 5.32 Å². The van der Waals surface area contributed by atoms with Gasteiger partial charge in [0.05, 0.1) is 12.7 Å². The van der Waals surface area contributed by atoms with Gasteiger partial charge < -0.3 is 10.1 Å². The number of piperidine rings is 1. The molecule has 2 aliphatic rings. The lowest BCUT2D eigenvalue weighted by atomic mass is 9.89. The van der Waals surface area contributed by atoms with Crippen molar-refractivity contribution in [2.24, 2.45) is 0 Å². The van der Waals surface area contributed by atoms with Gasteiger partial charge in [-0.3, -0.25) is 0 Å². The van der Waals surface area contributed by atoms with E-state index >= 15 is 0 Å². The molecule has 2 heterocycles. The second-order valence-corrected chi connectivity index (χ2v) is 4.94. The predicted octanol–water partition coefficient (Wildman–Crippen LogP) is 2.58. The van der Waals surface area contributed by atoms with E-state index in [1.165, 1.54) is 18.4 Å². The monoisotopic (exact) mass is 235 g/mol. The fourth-order valence-corrected chi connectivity index (χ4v) is 2.92.